The fraction of sp³-hybridized carbons (Fsp3) is 0.647. The van der Waals surface area contributed by atoms with E-state index in [0.29, 0.717) is 16.6 Å². The van der Waals surface area contributed by atoms with Crippen molar-refractivity contribution in [2.75, 3.05) is 6.54 Å². The number of thioether (sulfide) groups is 1. The van der Waals surface area contributed by atoms with Crippen molar-refractivity contribution in [2.24, 2.45) is 23.0 Å². The molecule has 2 N–H and O–H groups in total. The SMILES string of the molecule is CC(C)(C)C1CCC(CN)C(Sc2ccc(F)cc2)C1. The maximum Gasteiger partial charge on any atom is 0.123 e. The van der Waals surface area contributed by atoms with Crippen molar-refractivity contribution in [3.05, 3.63) is 30.1 Å². The molecule has 3 atom stereocenters. The molecule has 1 fully saturated rings. The monoisotopic (exact) mass is 295 g/mol. The zero-order valence-corrected chi connectivity index (χ0v) is 13.5. The average molecular weight is 295 g/mol. The molecule has 1 nitrogen and oxygen atoms in total. The van der Waals surface area contributed by atoms with Gasteiger partial charge in [-0.2, -0.15) is 0 Å². The molecule has 0 saturated heterocycles. The van der Waals surface area contributed by atoms with Crippen LogP contribution in [0.3, 0.4) is 0 Å². The minimum Gasteiger partial charge on any atom is -0.330 e. The molecule has 0 amide bonds. The first kappa shape index (κ1) is 15.8. The van der Waals surface area contributed by atoms with Gasteiger partial charge in [0.2, 0.25) is 0 Å². The van der Waals surface area contributed by atoms with Crippen LogP contribution in [0.25, 0.3) is 0 Å². The summed E-state index contributed by atoms with van der Waals surface area (Å²) in [5, 5.41) is 0.559. The summed E-state index contributed by atoms with van der Waals surface area (Å²) in [5.41, 5.74) is 6.31. The molecule has 0 aliphatic heterocycles. The third-order valence-electron chi connectivity index (χ3n) is 4.56. The summed E-state index contributed by atoms with van der Waals surface area (Å²) in [5.74, 6) is 1.17. The normalized spacial score (nSPS) is 27.6. The number of halogens is 1. The van der Waals surface area contributed by atoms with Gasteiger partial charge in [-0.1, -0.05) is 20.8 Å². The third kappa shape index (κ3) is 3.98. The molecule has 0 bridgehead atoms. The van der Waals surface area contributed by atoms with Gasteiger partial charge in [-0.25, -0.2) is 4.39 Å². The van der Waals surface area contributed by atoms with Gasteiger partial charge in [0.15, 0.2) is 0 Å². The highest BCUT2D eigenvalue weighted by atomic mass is 32.2. The predicted molar refractivity (Wildman–Crippen MR) is 85.4 cm³/mol. The number of rotatable bonds is 3. The minimum atomic E-state index is -0.166. The molecule has 0 radical (unpaired) electrons. The Kier molecular flexibility index (Phi) is 5.14. The third-order valence-corrected chi connectivity index (χ3v) is 5.98. The molecular weight excluding hydrogens is 269 g/mol. The Morgan fingerprint density at radius 1 is 1.20 bits per heavy atom. The molecule has 0 heterocycles. The molecule has 3 heteroatoms. The van der Waals surface area contributed by atoms with Gasteiger partial charge in [0, 0.05) is 10.1 Å². The van der Waals surface area contributed by atoms with Crippen LogP contribution in [0.5, 0.6) is 0 Å². The van der Waals surface area contributed by atoms with E-state index < -0.39 is 0 Å². The largest absolute Gasteiger partial charge is 0.330 e. The lowest BCUT2D eigenvalue weighted by atomic mass is 9.69. The van der Waals surface area contributed by atoms with Crippen LogP contribution in [0.15, 0.2) is 29.2 Å². The van der Waals surface area contributed by atoms with Gasteiger partial charge in [-0.15, -0.1) is 11.8 Å². The van der Waals surface area contributed by atoms with Crippen LogP contribution in [0, 0.1) is 23.1 Å². The smallest absolute Gasteiger partial charge is 0.123 e. The summed E-state index contributed by atoms with van der Waals surface area (Å²) >= 11 is 1.88. The lowest BCUT2D eigenvalue weighted by Gasteiger charge is -2.41. The van der Waals surface area contributed by atoms with E-state index in [9.17, 15) is 4.39 Å². The van der Waals surface area contributed by atoms with Crippen LogP contribution in [-0.4, -0.2) is 11.8 Å². The van der Waals surface area contributed by atoms with Crippen molar-refractivity contribution in [1.29, 1.82) is 0 Å². The van der Waals surface area contributed by atoms with Crippen molar-refractivity contribution < 1.29 is 4.39 Å². The summed E-state index contributed by atoms with van der Waals surface area (Å²) in [7, 11) is 0. The minimum absolute atomic E-state index is 0.166. The lowest BCUT2D eigenvalue weighted by Crippen LogP contribution is -2.36. The van der Waals surface area contributed by atoms with E-state index in [4.69, 9.17) is 5.73 Å². The first-order chi connectivity index (χ1) is 9.40. The van der Waals surface area contributed by atoms with E-state index >= 15 is 0 Å². The van der Waals surface area contributed by atoms with Crippen LogP contribution in [0.1, 0.15) is 40.0 Å². The Hall–Kier alpha value is -0.540. The van der Waals surface area contributed by atoms with Crippen molar-refractivity contribution in [1.82, 2.24) is 0 Å². The first-order valence-electron chi connectivity index (χ1n) is 7.52. The van der Waals surface area contributed by atoms with Crippen molar-refractivity contribution >= 4 is 11.8 Å². The molecule has 1 aliphatic carbocycles. The summed E-state index contributed by atoms with van der Waals surface area (Å²) in [4.78, 5) is 1.16. The quantitative estimate of drug-likeness (QED) is 0.874. The van der Waals surface area contributed by atoms with Crippen LogP contribution < -0.4 is 5.73 Å². The van der Waals surface area contributed by atoms with Crippen molar-refractivity contribution in [3.63, 3.8) is 0 Å². The van der Waals surface area contributed by atoms with E-state index in [0.717, 1.165) is 17.4 Å². The summed E-state index contributed by atoms with van der Waals surface area (Å²) in [6.45, 7) is 7.76. The van der Waals surface area contributed by atoms with E-state index in [1.54, 1.807) is 12.1 Å². The van der Waals surface area contributed by atoms with Crippen molar-refractivity contribution in [2.45, 2.75) is 50.2 Å². The summed E-state index contributed by atoms with van der Waals surface area (Å²) < 4.78 is 13.0. The highest BCUT2D eigenvalue weighted by Gasteiger charge is 2.35. The Labute approximate surface area is 126 Å². The molecule has 1 aliphatic rings. The van der Waals surface area contributed by atoms with Gasteiger partial charge in [0.25, 0.3) is 0 Å². The molecule has 112 valence electrons. The number of nitrogens with two attached hydrogens (primary N) is 1. The van der Waals surface area contributed by atoms with E-state index in [2.05, 4.69) is 20.8 Å². The van der Waals surface area contributed by atoms with Crippen LogP contribution in [0.2, 0.25) is 0 Å². The van der Waals surface area contributed by atoms with Gasteiger partial charge in [0.1, 0.15) is 5.82 Å². The number of benzene rings is 1. The maximum absolute atomic E-state index is 13.0. The predicted octanol–water partition coefficient (Wildman–Crippen LogP) is 4.71. The second-order valence-electron chi connectivity index (χ2n) is 6.98. The topological polar surface area (TPSA) is 26.0 Å². The second kappa shape index (κ2) is 6.48. The molecule has 1 saturated carbocycles. The van der Waals surface area contributed by atoms with Gasteiger partial charge >= 0.3 is 0 Å². The van der Waals surface area contributed by atoms with E-state index in [1.165, 1.54) is 19.3 Å². The Morgan fingerprint density at radius 3 is 2.40 bits per heavy atom. The molecule has 1 aromatic carbocycles. The molecule has 1 aromatic rings. The molecule has 0 aromatic heterocycles. The summed E-state index contributed by atoms with van der Waals surface area (Å²) in [6.07, 6.45) is 3.72. The van der Waals surface area contributed by atoms with Crippen LogP contribution in [-0.2, 0) is 0 Å². The fourth-order valence-electron chi connectivity index (χ4n) is 3.08. The first-order valence-corrected chi connectivity index (χ1v) is 8.40. The Morgan fingerprint density at radius 2 is 1.85 bits per heavy atom. The van der Waals surface area contributed by atoms with Gasteiger partial charge in [0.05, 0.1) is 0 Å². The highest BCUT2D eigenvalue weighted by molar-refractivity contribution is 8.00. The zero-order chi connectivity index (χ0) is 14.8. The fourth-order valence-corrected chi connectivity index (χ4v) is 4.49. The molecule has 2 rings (SSSR count). The molecule has 0 spiro atoms. The lowest BCUT2D eigenvalue weighted by molar-refractivity contribution is 0.157. The van der Waals surface area contributed by atoms with Crippen LogP contribution >= 0.6 is 11.8 Å². The second-order valence-corrected chi connectivity index (χ2v) is 8.29. The van der Waals surface area contributed by atoms with Crippen LogP contribution in [0.4, 0.5) is 4.39 Å². The molecular formula is C17H26FNS. The van der Waals surface area contributed by atoms with E-state index in [-0.39, 0.29) is 5.82 Å². The number of hydrogen-bond acceptors (Lipinski definition) is 2. The maximum atomic E-state index is 13.0. The average Bonchev–Trinajstić information content (AvgIpc) is 2.40. The summed E-state index contributed by atoms with van der Waals surface area (Å²) in [6, 6.07) is 6.86. The standard InChI is InChI=1S/C17H26FNS/c1-17(2,3)13-5-4-12(11-19)16(10-13)20-15-8-6-14(18)7-9-15/h6-9,12-13,16H,4-5,10-11,19H2,1-3H3. The van der Waals surface area contributed by atoms with E-state index in [1.807, 2.05) is 23.9 Å². The van der Waals surface area contributed by atoms with Gasteiger partial charge in [-0.3, -0.25) is 0 Å². The highest BCUT2D eigenvalue weighted by Crippen LogP contribution is 2.45. The Bertz CT molecular complexity index is 424. The zero-order valence-electron chi connectivity index (χ0n) is 12.7. The Balaban J connectivity index is 2.07. The van der Waals surface area contributed by atoms with Gasteiger partial charge in [-0.05, 0) is 67.3 Å². The molecule has 3 unspecified atom stereocenters. The molecule has 20 heavy (non-hydrogen) atoms. The van der Waals surface area contributed by atoms with Gasteiger partial charge < -0.3 is 5.73 Å². The van der Waals surface area contributed by atoms with Crippen molar-refractivity contribution in [3.8, 4) is 0 Å². The number of hydrogen-bond donors (Lipinski definition) is 1.